The van der Waals surface area contributed by atoms with Gasteiger partial charge in [0.2, 0.25) is 5.75 Å². The Hall–Kier alpha value is -2.03. The van der Waals surface area contributed by atoms with Gasteiger partial charge in [0.1, 0.15) is 5.76 Å². The molecule has 0 saturated carbocycles. The molecule has 0 spiro atoms. The summed E-state index contributed by atoms with van der Waals surface area (Å²) in [6.45, 7) is 2.02. The molecule has 0 aliphatic heterocycles. The van der Waals surface area contributed by atoms with Gasteiger partial charge in [0.15, 0.2) is 0 Å². The van der Waals surface area contributed by atoms with Gasteiger partial charge >= 0.3 is 5.63 Å². The fraction of sp³-hybridized carbons (Fsp3) is 0.214. The van der Waals surface area contributed by atoms with Gasteiger partial charge in [0.05, 0.1) is 7.11 Å². The topological polar surface area (TPSA) is 39.4 Å². The third-order valence-corrected chi connectivity index (χ3v) is 2.63. The lowest BCUT2D eigenvalue weighted by atomic mass is 10.1. The molecule has 1 aromatic carbocycles. The molecule has 0 aliphatic rings. The van der Waals surface area contributed by atoms with Crippen molar-refractivity contribution in [3.05, 3.63) is 52.4 Å². The van der Waals surface area contributed by atoms with Gasteiger partial charge in [0.25, 0.3) is 0 Å². The van der Waals surface area contributed by atoms with Gasteiger partial charge in [-0.15, -0.1) is 0 Å². The van der Waals surface area contributed by atoms with Gasteiger partial charge in [-0.3, -0.25) is 0 Å². The van der Waals surface area contributed by atoms with Crippen molar-refractivity contribution in [3.8, 4) is 17.1 Å². The quantitative estimate of drug-likeness (QED) is 0.813. The van der Waals surface area contributed by atoms with Gasteiger partial charge in [-0.25, -0.2) is 4.79 Å². The molecule has 3 nitrogen and oxygen atoms in total. The molecule has 0 amide bonds. The summed E-state index contributed by atoms with van der Waals surface area (Å²) < 4.78 is 10.3. The number of methoxy groups -OCH3 is 1. The lowest BCUT2D eigenvalue weighted by molar-refractivity contribution is 0.377. The third kappa shape index (κ3) is 2.23. The highest BCUT2D eigenvalue weighted by atomic mass is 16.5. The number of benzene rings is 1. The van der Waals surface area contributed by atoms with Gasteiger partial charge in [0, 0.05) is 5.56 Å². The molecule has 1 aromatic heterocycles. The zero-order valence-electron chi connectivity index (χ0n) is 9.90. The number of hydrogen-bond acceptors (Lipinski definition) is 3. The van der Waals surface area contributed by atoms with Crippen LogP contribution in [0.25, 0.3) is 11.3 Å². The fourth-order valence-corrected chi connectivity index (χ4v) is 1.73. The Labute approximate surface area is 99.7 Å². The summed E-state index contributed by atoms with van der Waals surface area (Å²) in [5.41, 5.74) is 1.43. The van der Waals surface area contributed by atoms with E-state index in [-0.39, 0.29) is 5.75 Å². The van der Waals surface area contributed by atoms with Gasteiger partial charge < -0.3 is 9.15 Å². The largest absolute Gasteiger partial charge is 0.490 e. The maximum Gasteiger partial charge on any atom is 0.379 e. The second kappa shape index (κ2) is 4.87. The summed E-state index contributed by atoms with van der Waals surface area (Å²) in [6, 6.07) is 11.3. The predicted molar refractivity (Wildman–Crippen MR) is 66.3 cm³/mol. The molecule has 0 unspecified atom stereocenters. The Morgan fingerprint density at radius 2 is 1.94 bits per heavy atom. The molecule has 0 N–H and O–H groups in total. The van der Waals surface area contributed by atoms with Crippen LogP contribution in [0.3, 0.4) is 0 Å². The first-order valence-electron chi connectivity index (χ1n) is 5.52. The highest BCUT2D eigenvalue weighted by Gasteiger charge is 2.11. The normalized spacial score (nSPS) is 10.2. The molecule has 0 saturated heterocycles. The summed E-state index contributed by atoms with van der Waals surface area (Å²) in [5.74, 6) is 0.875. The van der Waals surface area contributed by atoms with Crippen molar-refractivity contribution in [1.82, 2.24) is 0 Å². The molecule has 1 heterocycles. The lowest BCUT2D eigenvalue weighted by Gasteiger charge is -2.07. The molecule has 0 atom stereocenters. The Bertz CT molecular complexity index is 555. The Balaban J connectivity index is 2.62. The van der Waals surface area contributed by atoms with Crippen LogP contribution in [-0.2, 0) is 6.42 Å². The zero-order valence-corrected chi connectivity index (χ0v) is 9.90. The van der Waals surface area contributed by atoms with Crippen molar-refractivity contribution in [2.45, 2.75) is 13.3 Å². The Kier molecular flexibility index (Phi) is 3.28. The van der Waals surface area contributed by atoms with Crippen molar-refractivity contribution >= 4 is 0 Å². The molecule has 17 heavy (non-hydrogen) atoms. The first kappa shape index (κ1) is 11.5. The number of hydrogen-bond donors (Lipinski definition) is 0. The van der Waals surface area contributed by atoms with Crippen molar-refractivity contribution in [3.63, 3.8) is 0 Å². The van der Waals surface area contributed by atoms with Crippen LogP contribution in [0.15, 0.2) is 45.6 Å². The van der Waals surface area contributed by atoms with E-state index in [1.807, 2.05) is 37.3 Å². The molecule has 0 fully saturated rings. The molecule has 0 radical (unpaired) electrons. The number of rotatable bonds is 3. The minimum Gasteiger partial charge on any atom is -0.490 e. The van der Waals surface area contributed by atoms with Gasteiger partial charge in [-0.2, -0.15) is 0 Å². The van der Waals surface area contributed by atoms with E-state index in [2.05, 4.69) is 0 Å². The van der Waals surface area contributed by atoms with E-state index >= 15 is 0 Å². The average molecular weight is 230 g/mol. The molecular formula is C14H14O3. The van der Waals surface area contributed by atoms with E-state index in [0.717, 1.165) is 17.5 Å². The second-order valence-electron chi connectivity index (χ2n) is 3.68. The first-order chi connectivity index (χ1) is 8.26. The van der Waals surface area contributed by atoms with E-state index in [1.165, 1.54) is 7.11 Å². The predicted octanol–water partition coefficient (Wildman–Crippen LogP) is 2.88. The van der Waals surface area contributed by atoms with Crippen molar-refractivity contribution < 1.29 is 9.15 Å². The van der Waals surface area contributed by atoms with E-state index in [0.29, 0.717) is 5.76 Å². The minimum absolute atomic E-state index is 0.251. The zero-order chi connectivity index (χ0) is 12.3. The number of ether oxygens (including phenoxy) is 1. The van der Waals surface area contributed by atoms with E-state index in [1.54, 1.807) is 6.07 Å². The molecular weight excluding hydrogens is 216 g/mol. The highest BCUT2D eigenvalue weighted by molar-refractivity contribution is 5.61. The average Bonchev–Trinajstić information content (AvgIpc) is 2.39. The maximum absolute atomic E-state index is 11.6. The van der Waals surface area contributed by atoms with Gasteiger partial charge in [-0.1, -0.05) is 37.3 Å². The van der Waals surface area contributed by atoms with E-state index < -0.39 is 5.63 Å². The standard InChI is InChI=1S/C14H14O3/c1-3-10-9-12(16-2)14(15)17-13(10)11-7-5-4-6-8-11/h4-9H,3H2,1-2H3. The first-order valence-corrected chi connectivity index (χ1v) is 5.52. The summed E-state index contributed by atoms with van der Waals surface area (Å²) >= 11 is 0. The van der Waals surface area contributed by atoms with Crippen LogP contribution >= 0.6 is 0 Å². The third-order valence-electron chi connectivity index (χ3n) is 2.63. The summed E-state index contributed by atoms with van der Waals surface area (Å²) in [4.78, 5) is 11.6. The van der Waals surface area contributed by atoms with Crippen LogP contribution in [0.5, 0.6) is 5.75 Å². The molecule has 0 bridgehead atoms. The second-order valence-corrected chi connectivity index (χ2v) is 3.68. The van der Waals surface area contributed by atoms with Crippen LogP contribution < -0.4 is 10.4 Å². The molecule has 3 heteroatoms. The van der Waals surface area contributed by atoms with Crippen molar-refractivity contribution in [2.75, 3.05) is 7.11 Å². The fourth-order valence-electron chi connectivity index (χ4n) is 1.73. The SMILES string of the molecule is CCc1cc(OC)c(=O)oc1-c1ccccc1. The Morgan fingerprint density at radius 1 is 1.24 bits per heavy atom. The monoisotopic (exact) mass is 230 g/mol. The van der Waals surface area contributed by atoms with Crippen molar-refractivity contribution in [1.29, 1.82) is 0 Å². The van der Waals surface area contributed by atoms with Crippen LogP contribution in [-0.4, -0.2) is 7.11 Å². The molecule has 2 aromatic rings. The van der Waals surface area contributed by atoms with Crippen LogP contribution in [0, 0.1) is 0 Å². The van der Waals surface area contributed by atoms with E-state index in [9.17, 15) is 4.79 Å². The molecule has 0 aliphatic carbocycles. The Morgan fingerprint density at radius 3 is 2.53 bits per heavy atom. The van der Waals surface area contributed by atoms with Crippen LogP contribution in [0.1, 0.15) is 12.5 Å². The van der Waals surface area contributed by atoms with E-state index in [4.69, 9.17) is 9.15 Å². The highest BCUT2D eigenvalue weighted by Crippen LogP contribution is 2.24. The minimum atomic E-state index is -0.441. The lowest BCUT2D eigenvalue weighted by Crippen LogP contribution is -2.06. The van der Waals surface area contributed by atoms with Crippen LogP contribution in [0.4, 0.5) is 0 Å². The van der Waals surface area contributed by atoms with Gasteiger partial charge in [-0.05, 0) is 18.1 Å². The molecule has 2 rings (SSSR count). The van der Waals surface area contributed by atoms with Crippen molar-refractivity contribution in [2.24, 2.45) is 0 Å². The summed E-state index contributed by atoms with van der Waals surface area (Å²) in [7, 11) is 1.47. The van der Waals surface area contributed by atoms with Crippen LogP contribution in [0.2, 0.25) is 0 Å². The summed E-state index contributed by atoms with van der Waals surface area (Å²) in [5, 5.41) is 0. The smallest absolute Gasteiger partial charge is 0.379 e. The summed E-state index contributed by atoms with van der Waals surface area (Å²) in [6.07, 6.45) is 0.782. The number of aryl methyl sites for hydroxylation is 1. The molecule has 88 valence electrons. The maximum atomic E-state index is 11.6.